The molecule has 8 heteroatoms. The second-order valence-corrected chi connectivity index (χ2v) is 7.54. The van der Waals surface area contributed by atoms with Gasteiger partial charge in [0.2, 0.25) is 11.9 Å². The molecule has 1 unspecified atom stereocenters. The van der Waals surface area contributed by atoms with Gasteiger partial charge in [-0.05, 0) is 32.0 Å². The number of rotatable bonds is 5. The van der Waals surface area contributed by atoms with Crippen LogP contribution < -0.4 is 4.74 Å². The van der Waals surface area contributed by atoms with Crippen LogP contribution >= 0.6 is 23.2 Å². The minimum atomic E-state index is -0.962. The van der Waals surface area contributed by atoms with Crippen LogP contribution in [0.15, 0.2) is 52.9 Å². The predicted octanol–water partition coefficient (Wildman–Crippen LogP) is 5.81. The number of esters is 1. The first-order valence-electron chi connectivity index (χ1n) is 9.14. The predicted molar refractivity (Wildman–Crippen MR) is 114 cm³/mol. The fraction of sp³-hybridized carbons (Fsp3) is 0.182. The van der Waals surface area contributed by atoms with Gasteiger partial charge in [-0.25, -0.2) is 4.79 Å². The number of aryl methyl sites for hydroxylation is 2. The molecule has 2 aromatic heterocycles. The fourth-order valence-electron chi connectivity index (χ4n) is 3.30. The summed E-state index contributed by atoms with van der Waals surface area (Å²) >= 11 is 12.4. The van der Waals surface area contributed by atoms with Crippen molar-refractivity contribution >= 4 is 34.9 Å². The van der Waals surface area contributed by atoms with Crippen molar-refractivity contribution in [1.82, 2.24) is 9.61 Å². The summed E-state index contributed by atoms with van der Waals surface area (Å²) in [5.41, 5.74) is 2.99. The standard InChI is InChI=1S/C22H18Cl2N2O4/c1-12-19(30-20(22(27)28-3)14-7-5-4-6-8-14)21-26(25-12)18(13(2)29-21)16-10-9-15(23)11-17(16)24/h4-11,20H,1-3H3. The van der Waals surface area contributed by atoms with Crippen molar-refractivity contribution in [3.8, 4) is 17.0 Å². The van der Waals surface area contributed by atoms with E-state index in [9.17, 15) is 4.79 Å². The van der Waals surface area contributed by atoms with E-state index in [1.807, 2.05) is 25.1 Å². The average molecular weight is 445 g/mol. The van der Waals surface area contributed by atoms with E-state index in [2.05, 4.69) is 5.10 Å². The van der Waals surface area contributed by atoms with Gasteiger partial charge in [-0.3, -0.25) is 0 Å². The molecule has 0 fully saturated rings. The van der Waals surface area contributed by atoms with Crippen molar-refractivity contribution in [1.29, 1.82) is 0 Å². The van der Waals surface area contributed by atoms with Gasteiger partial charge in [0.05, 0.1) is 12.1 Å². The van der Waals surface area contributed by atoms with E-state index in [0.29, 0.717) is 44.2 Å². The Bertz CT molecular complexity index is 1230. The molecular formula is C22H18Cl2N2O4. The Morgan fingerprint density at radius 2 is 1.87 bits per heavy atom. The monoisotopic (exact) mass is 444 g/mol. The molecular weight excluding hydrogens is 427 g/mol. The summed E-state index contributed by atoms with van der Waals surface area (Å²) in [7, 11) is 1.32. The molecule has 0 aliphatic rings. The van der Waals surface area contributed by atoms with Gasteiger partial charge in [0.15, 0.2) is 0 Å². The number of carbonyl (C=O) groups excluding carboxylic acids is 1. The molecule has 0 aliphatic carbocycles. The van der Waals surface area contributed by atoms with Crippen molar-refractivity contribution in [2.75, 3.05) is 7.11 Å². The van der Waals surface area contributed by atoms with Gasteiger partial charge in [0.1, 0.15) is 17.1 Å². The molecule has 0 aliphatic heterocycles. The number of methoxy groups -OCH3 is 1. The number of carbonyl (C=O) groups is 1. The minimum Gasteiger partial charge on any atom is -0.466 e. The zero-order valence-corrected chi connectivity index (χ0v) is 18.0. The van der Waals surface area contributed by atoms with Gasteiger partial charge in [-0.2, -0.15) is 9.61 Å². The Hall–Kier alpha value is -2.96. The highest BCUT2D eigenvalue weighted by Crippen LogP contribution is 2.38. The Morgan fingerprint density at radius 3 is 2.53 bits per heavy atom. The number of benzene rings is 2. The van der Waals surface area contributed by atoms with E-state index < -0.39 is 12.1 Å². The maximum atomic E-state index is 12.4. The lowest BCUT2D eigenvalue weighted by atomic mass is 10.1. The number of hydrogen-bond donors (Lipinski definition) is 0. The largest absolute Gasteiger partial charge is 0.466 e. The molecule has 0 saturated carbocycles. The van der Waals surface area contributed by atoms with Gasteiger partial charge in [-0.1, -0.05) is 53.5 Å². The summed E-state index contributed by atoms with van der Waals surface area (Å²) in [5.74, 6) is 0.429. The molecule has 0 amide bonds. The highest BCUT2D eigenvalue weighted by atomic mass is 35.5. The SMILES string of the molecule is COC(=O)C(Oc1c(C)nn2c(-c3ccc(Cl)cc3Cl)c(C)oc12)c1ccccc1. The second kappa shape index (κ2) is 8.05. The van der Waals surface area contributed by atoms with Gasteiger partial charge in [-0.15, -0.1) is 0 Å². The van der Waals surface area contributed by atoms with Crippen LogP contribution in [0, 0.1) is 13.8 Å². The third-order valence-electron chi connectivity index (χ3n) is 4.70. The van der Waals surface area contributed by atoms with Crippen LogP contribution in [0.2, 0.25) is 10.0 Å². The van der Waals surface area contributed by atoms with Crippen LogP contribution in [-0.4, -0.2) is 22.7 Å². The first kappa shape index (κ1) is 20.3. The fourth-order valence-corrected chi connectivity index (χ4v) is 3.80. The Labute approximate surface area is 182 Å². The quantitative estimate of drug-likeness (QED) is 0.363. The zero-order chi connectivity index (χ0) is 21.4. The van der Waals surface area contributed by atoms with Crippen molar-refractivity contribution in [3.63, 3.8) is 0 Å². The van der Waals surface area contributed by atoms with Crippen LogP contribution in [-0.2, 0) is 9.53 Å². The summed E-state index contributed by atoms with van der Waals surface area (Å²) in [5, 5.41) is 5.57. The molecule has 2 aromatic carbocycles. The maximum absolute atomic E-state index is 12.4. The van der Waals surface area contributed by atoms with Crippen LogP contribution in [0.3, 0.4) is 0 Å². The van der Waals surface area contributed by atoms with Crippen molar-refractivity contribution in [2.24, 2.45) is 0 Å². The molecule has 0 spiro atoms. The molecule has 30 heavy (non-hydrogen) atoms. The summed E-state index contributed by atoms with van der Waals surface area (Å²) in [4.78, 5) is 12.4. The highest BCUT2D eigenvalue weighted by Gasteiger charge is 2.29. The molecule has 0 N–H and O–H groups in total. The summed E-state index contributed by atoms with van der Waals surface area (Å²) in [6.07, 6.45) is -0.962. The molecule has 1 atom stereocenters. The third kappa shape index (κ3) is 3.53. The van der Waals surface area contributed by atoms with Crippen LogP contribution in [0.5, 0.6) is 5.75 Å². The van der Waals surface area contributed by atoms with E-state index in [1.54, 1.807) is 41.8 Å². The third-order valence-corrected chi connectivity index (χ3v) is 5.25. The molecule has 2 heterocycles. The summed E-state index contributed by atoms with van der Waals surface area (Å²) < 4.78 is 18.6. The lowest BCUT2D eigenvalue weighted by Gasteiger charge is -2.16. The first-order chi connectivity index (χ1) is 14.4. The van der Waals surface area contributed by atoms with E-state index in [1.165, 1.54) is 7.11 Å². The van der Waals surface area contributed by atoms with Crippen molar-refractivity contribution in [3.05, 3.63) is 75.6 Å². The number of nitrogens with zero attached hydrogens (tertiary/aromatic N) is 2. The smallest absolute Gasteiger partial charge is 0.351 e. The van der Waals surface area contributed by atoms with E-state index in [-0.39, 0.29) is 0 Å². The number of hydrogen-bond acceptors (Lipinski definition) is 5. The van der Waals surface area contributed by atoms with E-state index in [4.69, 9.17) is 37.1 Å². The van der Waals surface area contributed by atoms with E-state index >= 15 is 0 Å². The Balaban J connectivity index is 1.83. The van der Waals surface area contributed by atoms with Gasteiger partial charge in [0, 0.05) is 16.1 Å². The second-order valence-electron chi connectivity index (χ2n) is 6.69. The first-order valence-corrected chi connectivity index (χ1v) is 9.90. The molecule has 0 saturated heterocycles. The molecule has 6 nitrogen and oxygen atoms in total. The average Bonchev–Trinajstić information content (AvgIpc) is 3.19. The number of halogens is 2. The maximum Gasteiger partial charge on any atom is 0.351 e. The lowest BCUT2D eigenvalue weighted by Crippen LogP contribution is -2.20. The summed E-state index contributed by atoms with van der Waals surface area (Å²) in [6, 6.07) is 14.3. The highest BCUT2D eigenvalue weighted by molar-refractivity contribution is 6.36. The Kier molecular flexibility index (Phi) is 5.45. The van der Waals surface area contributed by atoms with E-state index in [0.717, 1.165) is 5.56 Å². The molecule has 0 bridgehead atoms. The topological polar surface area (TPSA) is 66.0 Å². The summed E-state index contributed by atoms with van der Waals surface area (Å²) in [6.45, 7) is 3.59. The molecule has 4 rings (SSSR count). The van der Waals surface area contributed by atoms with Gasteiger partial charge in [0.25, 0.3) is 5.71 Å². The van der Waals surface area contributed by atoms with Gasteiger partial charge < -0.3 is 13.9 Å². The van der Waals surface area contributed by atoms with Gasteiger partial charge >= 0.3 is 5.97 Å². The Morgan fingerprint density at radius 1 is 1.13 bits per heavy atom. The van der Waals surface area contributed by atoms with Crippen molar-refractivity contribution in [2.45, 2.75) is 20.0 Å². The lowest BCUT2D eigenvalue weighted by molar-refractivity contribution is -0.149. The van der Waals surface area contributed by atoms with Crippen molar-refractivity contribution < 1.29 is 18.7 Å². The van der Waals surface area contributed by atoms with Crippen LogP contribution in [0.4, 0.5) is 0 Å². The number of ether oxygens (including phenoxy) is 2. The minimum absolute atomic E-state index is 0.355. The number of fused-ring (bicyclic) bond motifs is 1. The number of oxazole rings is 1. The normalized spacial score (nSPS) is 12.2. The molecule has 0 radical (unpaired) electrons. The van der Waals surface area contributed by atoms with Crippen LogP contribution in [0.25, 0.3) is 17.0 Å². The number of aromatic nitrogens is 2. The zero-order valence-electron chi connectivity index (χ0n) is 16.5. The molecule has 4 aromatic rings. The van der Waals surface area contributed by atoms with Crippen LogP contribution in [0.1, 0.15) is 23.1 Å². The molecule has 154 valence electrons.